The minimum Gasteiger partial charge on any atom is -0.444 e. The molecule has 0 aromatic heterocycles. The van der Waals surface area contributed by atoms with Gasteiger partial charge in [-0.3, -0.25) is 0 Å². The zero-order valence-corrected chi connectivity index (χ0v) is 10.2. The summed E-state index contributed by atoms with van der Waals surface area (Å²) in [5.41, 5.74) is -0.923. The molecule has 1 amide bonds. The van der Waals surface area contributed by atoms with Crippen LogP contribution in [0.3, 0.4) is 0 Å². The number of amides is 1. The summed E-state index contributed by atoms with van der Waals surface area (Å²) in [5.74, 6) is 0. The number of likely N-dealkylation sites (tertiary alicyclic amines) is 1. The highest BCUT2D eigenvalue weighted by atomic mass is 19.3. The molecule has 0 aromatic rings. The maximum absolute atomic E-state index is 12.4. The van der Waals surface area contributed by atoms with Gasteiger partial charge in [0.15, 0.2) is 0 Å². The van der Waals surface area contributed by atoms with Gasteiger partial charge in [0, 0.05) is 12.1 Å². The monoisotopic (exact) mass is 249 g/mol. The first-order valence-corrected chi connectivity index (χ1v) is 5.41. The second-order valence-corrected chi connectivity index (χ2v) is 4.98. The van der Waals surface area contributed by atoms with Gasteiger partial charge in [0.1, 0.15) is 5.60 Å². The molecule has 98 valence electrons. The Morgan fingerprint density at radius 1 is 1.47 bits per heavy atom. The highest BCUT2D eigenvalue weighted by Gasteiger charge is 2.31. The fraction of sp³-hybridized carbons (Fsp3) is 0.727. The molecular weight excluding hydrogens is 232 g/mol. The van der Waals surface area contributed by atoms with Gasteiger partial charge in [-0.2, -0.15) is 8.78 Å². The third-order valence-electron chi connectivity index (χ3n) is 2.34. The number of β-amino-alcohol motifs (C(OH)–C–C–N with tert-alkyl or cyclic N) is 1. The van der Waals surface area contributed by atoms with Crippen LogP contribution in [0.1, 0.15) is 27.2 Å². The van der Waals surface area contributed by atoms with E-state index in [1.165, 1.54) is 4.90 Å². The van der Waals surface area contributed by atoms with Crippen LogP contribution in [0.15, 0.2) is 11.7 Å². The van der Waals surface area contributed by atoms with Crippen LogP contribution in [0.4, 0.5) is 13.6 Å². The summed E-state index contributed by atoms with van der Waals surface area (Å²) in [6, 6.07) is 0. The van der Waals surface area contributed by atoms with Crippen LogP contribution in [-0.4, -0.2) is 40.9 Å². The van der Waals surface area contributed by atoms with Crippen LogP contribution in [0.2, 0.25) is 0 Å². The Morgan fingerprint density at radius 3 is 2.47 bits per heavy atom. The third-order valence-corrected chi connectivity index (χ3v) is 2.34. The lowest BCUT2D eigenvalue weighted by Crippen LogP contribution is -2.45. The summed E-state index contributed by atoms with van der Waals surface area (Å²) in [4.78, 5) is 12.9. The molecule has 1 saturated heterocycles. The largest absolute Gasteiger partial charge is 0.444 e. The molecule has 0 saturated carbocycles. The molecule has 1 aliphatic rings. The number of hydrogen-bond donors (Lipinski definition) is 1. The summed E-state index contributed by atoms with van der Waals surface area (Å²) >= 11 is 0. The fourth-order valence-electron chi connectivity index (χ4n) is 1.54. The molecule has 4 nitrogen and oxygen atoms in total. The van der Waals surface area contributed by atoms with Crippen molar-refractivity contribution >= 4 is 6.09 Å². The first-order valence-electron chi connectivity index (χ1n) is 5.41. The molecule has 1 heterocycles. The first kappa shape index (κ1) is 13.9. The number of aliphatic hydroxyl groups excluding tert-OH is 1. The molecule has 1 rings (SSSR count). The zero-order valence-electron chi connectivity index (χ0n) is 10.2. The van der Waals surface area contributed by atoms with E-state index in [9.17, 15) is 18.7 Å². The summed E-state index contributed by atoms with van der Waals surface area (Å²) in [5, 5.41) is 9.47. The number of nitrogens with zero attached hydrogens (tertiary/aromatic N) is 1. The van der Waals surface area contributed by atoms with Gasteiger partial charge < -0.3 is 14.7 Å². The molecule has 1 atom stereocenters. The third kappa shape index (κ3) is 3.96. The van der Waals surface area contributed by atoms with Crippen LogP contribution in [0.25, 0.3) is 0 Å². The first-order chi connectivity index (χ1) is 7.70. The Balaban J connectivity index is 2.62. The smallest absolute Gasteiger partial charge is 0.410 e. The van der Waals surface area contributed by atoms with Crippen molar-refractivity contribution in [3.8, 4) is 0 Å². The van der Waals surface area contributed by atoms with E-state index >= 15 is 0 Å². The second kappa shape index (κ2) is 5.00. The van der Waals surface area contributed by atoms with E-state index in [-0.39, 0.29) is 25.1 Å². The lowest BCUT2D eigenvalue weighted by atomic mass is 10.0. The van der Waals surface area contributed by atoms with Gasteiger partial charge in [-0.15, -0.1) is 0 Å². The standard InChI is InChI=1S/C11H17F2NO3/c1-11(2,3)17-10(16)14-5-4-7(9(12)13)8(15)6-14/h8,15H,4-6H2,1-3H3. The van der Waals surface area contributed by atoms with Gasteiger partial charge >= 0.3 is 6.09 Å². The van der Waals surface area contributed by atoms with Crippen LogP contribution in [0, 0.1) is 0 Å². The number of aliphatic hydroxyl groups is 1. The van der Waals surface area contributed by atoms with Crippen LogP contribution >= 0.6 is 0 Å². The maximum atomic E-state index is 12.4. The van der Waals surface area contributed by atoms with E-state index in [1.54, 1.807) is 20.8 Å². The minimum atomic E-state index is -1.86. The molecule has 1 fully saturated rings. The Kier molecular flexibility index (Phi) is 4.08. The average Bonchev–Trinajstić information content (AvgIpc) is 2.14. The molecule has 1 N–H and O–H groups in total. The fourth-order valence-corrected chi connectivity index (χ4v) is 1.54. The molecule has 0 aromatic carbocycles. The predicted molar refractivity (Wildman–Crippen MR) is 57.7 cm³/mol. The number of ether oxygens (including phenoxy) is 1. The molecular formula is C11H17F2NO3. The van der Waals surface area contributed by atoms with Crippen molar-refractivity contribution in [2.75, 3.05) is 13.1 Å². The van der Waals surface area contributed by atoms with E-state index in [1.807, 2.05) is 0 Å². The highest BCUT2D eigenvalue weighted by Crippen LogP contribution is 2.23. The van der Waals surface area contributed by atoms with Gasteiger partial charge in [-0.1, -0.05) is 0 Å². The predicted octanol–water partition coefficient (Wildman–Crippen LogP) is 2.14. The molecule has 0 spiro atoms. The molecule has 0 aliphatic carbocycles. The van der Waals surface area contributed by atoms with Gasteiger partial charge in [-0.05, 0) is 27.2 Å². The van der Waals surface area contributed by atoms with E-state index in [0.717, 1.165) is 0 Å². The van der Waals surface area contributed by atoms with Crippen molar-refractivity contribution in [1.29, 1.82) is 0 Å². The molecule has 0 radical (unpaired) electrons. The number of carbonyl (C=O) groups excluding carboxylic acids is 1. The van der Waals surface area contributed by atoms with Crippen molar-refractivity contribution < 1.29 is 23.4 Å². The molecule has 0 bridgehead atoms. The average molecular weight is 249 g/mol. The minimum absolute atomic E-state index is 0.0251. The Labute approximate surface area is 98.9 Å². The summed E-state index contributed by atoms with van der Waals surface area (Å²) in [6.45, 7) is 5.15. The lowest BCUT2D eigenvalue weighted by molar-refractivity contribution is 0.0116. The maximum Gasteiger partial charge on any atom is 0.410 e. The van der Waals surface area contributed by atoms with Gasteiger partial charge in [0.2, 0.25) is 0 Å². The van der Waals surface area contributed by atoms with Gasteiger partial charge in [0.05, 0.1) is 12.6 Å². The molecule has 6 heteroatoms. The van der Waals surface area contributed by atoms with Crippen LogP contribution < -0.4 is 0 Å². The van der Waals surface area contributed by atoms with Crippen molar-refractivity contribution in [1.82, 2.24) is 4.90 Å². The number of piperidine rings is 1. The Bertz CT molecular complexity index is 332. The number of halogens is 2. The Hall–Kier alpha value is -1.17. The van der Waals surface area contributed by atoms with Gasteiger partial charge in [0.25, 0.3) is 6.08 Å². The van der Waals surface area contributed by atoms with E-state index in [2.05, 4.69) is 0 Å². The van der Waals surface area contributed by atoms with Crippen LogP contribution in [-0.2, 0) is 4.74 Å². The van der Waals surface area contributed by atoms with E-state index in [4.69, 9.17) is 4.74 Å². The van der Waals surface area contributed by atoms with Crippen molar-refractivity contribution in [3.63, 3.8) is 0 Å². The lowest BCUT2D eigenvalue weighted by Gasteiger charge is -2.33. The van der Waals surface area contributed by atoms with Crippen molar-refractivity contribution in [3.05, 3.63) is 11.7 Å². The zero-order chi connectivity index (χ0) is 13.2. The van der Waals surface area contributed by atoms with Gasteiger partial charge in [-0.25, -0.2) is 4.79 Å². The van der Waals surface area contributed by atoms with Crippen LogP contribution in [0.5, 0.6) is 0 Å². The summed E-state index contributed by atoms with van der Waals surface area (Å²) in [6.07, 6.45) is -3.78. The van der Waals surface area contributed by atoms with Crippen molar-refractivity contribution in [2.24, 2.45) is 0 Å². The van der Waals surface area contributed by atoms with E-state index in [0.29, 0.717) is 0 Å². The molecule has 17 heavy (non-hydrogen) atoms. The number of hydrogen-bond acceptors (Lipinski definition) is 3. The normalized spacial score (nSPS) is 21.4. The van der Waals surface area contributed by atoms with E-state index < -0.39 is 23.9 Å². The highest BCUT2D eigenvalue weighted by molar-refractivity contribution is 5.68. The molecule has 1 unspecified atom stereocenters. The second-order valence-electron chi connectivity index (χ2n) is 4.98. The quantitative estimate of drug-likeness (QED) is 0.715. The number of carbonyl (C=O) groups is 1. The SMILES string of the molecule is CC(C)(C)OC(=O)N1CCC(=C(F)F)C(O)C1. The number of rotatable bonds is 0. The summed E-state index contributed by atoms with van der Waals surface area (Å²) in [7, 11) is 0. The molecule has 1 aliphatic heterocycles. The summed E-state index contributed by atoms with van der Waals surface area (Å²) < 4.78 is 29.8. The topological polar surface area (TPSA) is 49.8 Å². The Morgan fingerprint density at radius 2 is 2.06 bits per heavy atom. The van der Waals surface area contributed by atoms with Crippen molar-refractivity contribution in [2.45, 2.75) is 38.9 Å².